The first kappa shape index (κ1) is 14.1. The molecule has 1 amide bonds. The summed E-state index contributed by atoms with van der Waals surface area (Å²) in [5.74, 6) is 0.942. The number of benzene rings is 1. The van der Waals surface area contributed by atoms with E-state index in [4.69, 9.17) is 5.73 Å². The van der Waals surface area contributed by atoms with Crippen LogP contribution in [-0.2, 0) is 4.79 Å². The monoisotopic (exact) mass is 252 g/mol. The zero-order chi connectivity index (χ0) is 12.9. The molecule has 0 saturated carbocycles. The zero-order valence-corrected chi connectivity index (χ0v) is 11.4. The van der Waals surface area contributed by atoms with Gasteiger partial charge >= 0.3 is 0 Å². The molecule has 0 radical (unpaired) electrons. The summed E-state index contributed by atoms with van der Waals surface area (Å²) >= 11 is 1.72. The summed E-state index contributed by atoms with van der Waals surface area (Å²) in [4.78, 5) is 13.1. The van der Waals surface area contributed by atoms with Crippen molar-refractivity contribution in [1.29, 1.82) is 0 Å². The number of hydrogen-bond acceptors (Lipinski definition) is 3. The number of anilines is 1. The summed E-state index contributed by atoms with van der Waals surface area (Å²) in [6.07, 6.45) is 0. The van der Waals surface area contributed by atoms with E-state index in [1.54, 1.807) is 11.8 Å². The van der Waals surface area contributed by atoms with Crippen molar-refractivity contribution in [2.45, 2.75) is 25.7 Å². The van der Waals surface area contributed by atoms with Crippen molar-refractivity contribution in [2.24, 2.45) is 11.1 Å². The van der Waals surface area contributed by atoms with Crippen LogP contribution in [0.2, 0.25) is 0 Å². The molecule has 0 atom stereocenters. The number of carbonyl (C=O) groups is 1. The Kier molecular flexibility index (Phi) is 5.02. The van der Waals surface area contributed by atoms with Crippen molar-refractivity contribution in [3.8, 4) is 0 Å². The third-order valence-corrected chi connectivity index (χ3v) is 3.52. The smallest absolute Gasteiger partial charge is 0.231 e. The highest BCUT2D eigenvalue weighted by atomic mass is 32.2. The second-order valence-corrected chi connectivity index (χ2v) is 5.78. The van der Waals surface area contributed by atoms with E-state index in [1.165, 1.54) is 0 Å². The maximum atomic E-state index is 12.0. The largest absolute Gasteiger partial charge is 0.329 e. The van der Waals surface area contributed by atoms with Crippen molar-refractivity contribution in [3.63, 3.8) is 0 Å². The van der Waals surface area contributed by atoms with E-state index < -0.39 is 5.41 Å². The second-order valence-electron chi connectivity index (χ2n) is 4.47. The second kappa shape index (κ2) is 6.07. The van der Waals surface area contributed by atoms with Gasteiger partial charge in [-0.05, 0) is 31.7 Å². The lowest BCUT2D eigenvalue weighted by Gasteiger charge is -2.22. The SMILES string of the molecule is CCSc1ccccc1NC(=O)C(C)(C)CN. The first-order valence-corrected chi connectivity index (χ1v) is 6.73. The third-order valence-electron chi connectivity index (χ3n) is 2.56. The van der Waals surface area contributed by atoms with Gasteiger partial charge in [0.2, 0.25) is 5.91 Å². The van der Waals surface area contributed by atoms with Gasteiger partial charge in [-0.25, -0.2) is 0 Å². The van der Waals surface area contributed by atoms with E-state index in [2.05, 4.69) is 12.2 Å². The average molecular weight is 252 g/mol. The molecule has 0 unspecified atom stereocenters. The lowest BCUT2D eigenvalue weighted by molar-refractivity contribution is -0.123. The first-order chi connectivity index (χ1) is 8.01. The Balaban J connectivity index is 2.84. The molecule has 3 nitrogen and oxygen atoms in total. The molecule has 4 heteroatoms. The minimum atomic E-state index is -0.538. The summed E-state index contributed by atoms with van der Waals surface area (Å²) in [6.45, 7) is 6.12. The molecule has 94 valence electrons. The maximum Gasteiger partial charge on any atom is 0.231 e. The van der Waals surface area contributed by atoms with Crippen LogP contribution in [0.4, 0.5) is 5.69 Å². The van der Waals surface area contributed by atoms with Gasteiger partial charge in [-0.2, -0.15) is 0 Å². The van der Waals surface area contributed by atoms with Gasteiger partial charge in [0.05, 0.1) is 11.1 Å². The predicted molar refractivity (Wildman–Crippen MR) is 74.3 cm³/mol. The predicted octanol–water partition coefficient (Wildman–Crippen LogP) is 2.72. The normalized spacial score (nSPS) is 11.3. The number of rotatable bonds is 5. The van der Waals surface area contributed by atoms with Crippen LogP contribution < -0.4 is 11.1 Å². The molecule has 0 aliphatic heterocycles. The fourth-order valence-corrected chi connectivity index (χ4v) is 2.00. The summed E-state index contributed by atoms with van der Waals surface area (Å²) in [5.41, 5.74) is 5.92. The number of hydrogen-bond donors (Lipinski definition) is 2. The number of para-hydroxylation sites is 1. The van der Waals surface area contributed by atoms with Crippen LogP contribution in [0.15, 0.2) is 29.2 Å². The topological polar surface area (TPSA) is 55.1 Å². The van der Waals surface area contributed by atoms with Crippen LogP contribution in [0.3, 0.4) is 0 Å². The zero-order valence-electron chi connectivity index (χ0n) is 10.6. The Hall–Kier alpha value is -1.00. The van der Waals surface area contributed by atoms with Crippen molar-refractivity contribution < 1.29 is 4.79 Å². The van der Waals surface area contributed by atoms with E-state index >= 15 is 0 Å². The van der Waals surface area contributed by atoms with E-state index in [0.717, 1.165) is 16.3 Å². The van der Waals surface area contributed by atoms with Crippen LogP contribution in [0.5, 0.6) is 0 Å². The Morgan fingerprint density at radius 1 is 1.41 bits per heavy atom. The Labute approximate surface area is 107 Å². The van der Waals surface area contributed by atoms with E-state index in [0.29, 0.717) is 6.54 Å². The van der Waals surface area contributed by atoms with Crippen molar-refractivity contribution in [2.75, 3.05) is 17.6 Å². The first-order valence-electron chi connectivity index (χ1n) is 5.74. The van der Waals surface area contributed by atoms with Crippen LogP contribution in [-0.4, -0.2) is 18.2 Å². The molecule has 1 aromatic carbocycles. The molecule has 17 heavy (non-hydrogen) atoms. The van der Waals surface area contributed by atoms with Gasteiger partial charge in [-0.15, -0.1) is 11.8 Å². The van der Waals surface area contributed by atoms with Gasteiger partial charge in [0.15, 0.2) is 0 Å². The molecule has 1 aromatic rings. The number of carbonyl (C=O) groups excluding carboxylic acids is 1. The molecule has 0 fully saturated rings. The lowest BCUT2D eigenvalue weighted by Crippen LogP contribution is -2.37. The fraction of sp³-hybridized carbons (Fsp3) is 0.462. The van der Waals surface area contributed by atoms with Crippen LogP contribution in [0.1, 0.15) is 20.8 Å². The standard InChI is InChI=1S/C13H20N2OS/c1-4-17-11-8-6-5-7-10(11)15-12(16)13(2,3)9-14/h5-8H,4,9,14H2,1-3H3,(H,15,16). The summed E-state index contributed by atoms with van der Waals surface area (Å²) in [6, 6.07) is 7.83. The molecule has 0 saturated heterocycles. The van der Waals surface area contributed by atoms with Crippen molar-refractivity contribution in [3.05, 3.63) is 24.3 Å². The van der Waals surface area contributed by atoms with Gasteiger partial charge in [0.25, 0.3) is 0 Å². The number of nitrogens with two attached hydrogens (primary N) is 1. The molecule has 0 aliphatic rings. The van der Waals surface area contributed by atoms with Crippen molar-refractivity contribution >= 4 is 23.4 Å². The highest BCUT2D eigenvalue weighted by Crippen LogP contribution is 2.28. The van der Waals surface area contributed by atoms with Crippen LogP contribution >= 0.6 is 11.8 Å². The average Bonchev–Trinajstić information content (AvgIpc) is 2.32. The van der Waals surface area contributed by atoms with E-state index in [-0.39, 0.29) is 5.91 Å². The van der Waals surface area contributed by atoms with Gasteiger partial charge in [0.1, 0.15) is 0 Å². The minimum Gasteiger partial charge on any atom is -0.329 e. The molecule has 0 heterocycles. The van der Waals surface area contributed by atoms with E-state index in [9.17, 15) is 4.79 Å². The highest BCUT2D eigenvalue weighted by Gasteiger charge is 2.26. The molecular weight excluding hydrogens is 232 g/mol. The Bertz CT molecular complexity index is 391. The summed E-state index contributed by atoms with van der Waals surface area (Å²) in [7, 11) is 0. The molecule has 3 N–H and O–H groups in total. The van der Waals surface area contributed by atoms with Crippen LogP contribution in [0, 0.1) is 5.41 Å². The third kappa shape index (κ3) is 3.75. The molecule has 0 aromatic heterocycles. The number of nitrogens with one attached hydrogen (secondary N) is 1. The number of thioether (sulfide) groups is 1. The lowest BCUT2D eigenvalue weighted by atomic mass is 9.92. The number of amides is 1. The molecule has 0 bridgehead atoms. The minimum absolute atomic E-state index is 0.0378. The molecular formula is C13H20N2OS. The Morgan fingerprint density at radius 2 is 2.06 bits per heavy atom. The van der Waals surface area contributed by atoms with Gasteiger partial charge < -0.3 is 11.1 Å². The van der Waals surface area contributed by atoms with Crippen molar-refractivity contribution in [1.82, 2.24) is 0 Å². The van der Waals surface area contributed by atoms with Gasteiger partial charge in [0, 0.05) is 11.4 Å². The van der Waals surface area contributed by atoms with Gasteiger partial charge in [-0.3, -0.25) is 4.79 Å². The van der Waals surface area contributed by atoms with Crippen LogP contribution in [0.25, 0.3) is 0 Å². The summed E-state index contributed by atoms with van der Waals surface area (Å²) in [5, 5.41) is 2.95. The molecule has 0 aliphatic carbocycles. The molecule has 1 rings (SSSR count). The summed E-state index contributed by atoms with van der Waals surface area (Å²) < 4.78 is 0. The maximum absolute atomic E-state index is 12.0. The van der Waals surface area contributed by atoms with E-state index in [1.807, 2.05) is 38.1 Å². The highest BCUT2D eigenvalue weighted by molar-refractivity contribution is 7.99. The Morgan fingerprint density at radius 3 is 2.65 bits per heavy atom. The van der Waals surface area contributed by atoms with Gasteiger partial charge in [-0.1, -0.05) is 19.1 Å². The molecule has 0 spiro atoms. The fourth-order valence-electron chi connectivity index (χ4n) is 1.24. The quantitative estimate of drug-likeness (QED) is 0.792.